The van der Waals surface area contributed by atoms with E-state index in [2.05, 4.69) is 12.1 Å². The van der Waals surface area contributed by atoms with Crippen LogP contribution in [0.2, 0.25) is 0 Å². The maximum atomic E-state index is 10.2. The molecule has 2 unspecified atom stereocenters. The highest BCUT2D eigenvalue weighted by Crippen LogP contribution is 2.23. The molecule has 1 N–H and O–H groups in total. The number of aliphatic hydroxyl groups excluding tert-OH is 1. The van der Waals surface area contributed by atoms with Gasteiger partial charge in [-0.3, -0.25) is 0 Å². The van der Waals surface area contributed by atoms with Gasteiger partial charge in [0.15, 0.2) is 0 Å². The highest BCUT2D eigenvalue weighted by atomic mass is 16.5. The van der Waals surface area contributed by atoms with Crippen molar-refractivity contribution in [2.45, 2.75) is 26.1 Å². The molecule has 2 aromatic rings. The fourth-order valence-electron chi connectivity index (χ4n) is 2.02. The van der Waals surface area contributed by atoms with Gasteiger partial charge in [-0.2, -0.15) is 0 Å². The van der Waals surface area contributed by atoms with E-state index >= 15 is 0 Å². The van der Waals surface area contributed by atoms with Gasteiger partial charge in [0.2, 0.25) is 0 Å². The average molecular weight is 230 g/mol. The van der Waals surface area contributed by atoms with Crippen LogP contribution in [0.1, 0.15) is 25.5 Å². The summed E-state index contributed by atoms with van der Waals surface area (Å²) in [6.45, 7) is 4.44. The summed E-state index contributed by atoms with van der Waals surface area (Å²) in [7, 11) is 0. The van der Waals surface area contributed by atoms with Gasteiger partial charge in [-0.25, -0.2) is 0 Å². The zero-order valence-electron chi connectivity index (χ0n) is 10.3. The summed E-state index contributed by atoms with van der Waals surface area (Å²) in [6, 6.07) is 14.2. The number of benzene rings is 2. The van der Waals surface area contributed by atoms with Crippen LogP contribution in [0, 0.1) is 0 Å². The van der Waals surface area contributed by atoms with Gasteiger partial charge in [0.05, 0.1) is 6.10 Å². The number of aliphatic hydroxyl groups is 1. The first kappa shape index (κ1) is 12.1. The molecule has 0 fully saturated rings. The molecular weight excluding hydrogens is 212 g/mol. The van der Waals surface area contributed by atoms with Crippen LogP contribution in [-0.4, -0.2) is 17.8 Å². The highest BCUT2D eigenvalue weighted by molar-refractivity contribution is 5.83. The third-order valence-corrected chi connectivity index (χ3v) is 2.99. The molecule has 2 heteroatoms. The van der Waals surface area contributed by atoms with Crippen LogP contribution in [0.3, 0.4) is 0 Å². The predicted octanol–water partition coefficient (Wildman–Crippen LogP) is 3.30. The fraction of sp³-hybridized carbons (Fsp3) is 0.333. The molecular formula is C15H18O2. The van der Waals surface area contributed by atoms with E-state index < -0.39 is 6.10 Å². The van der Waals surface area contributed by atoms with Crippen molar-refractivity contribution >= 4 is 10.8 Å². The quantitative estimate of drug-likeness (QED) is 0.873. The zero-order valence-corrected chi connectivity index (χ0v) is 10.3. The van der Waals surface area contributed by atoms with Crippen LogP contribution in [-0.2, 0) is 4.74 Å². The molecule has 2 atom stereocenters. The molecule has 0 aliphatic heterocycles. The Morgan fingerprint density at radius 2 is 1.82 bits per heavy atom. The Balaban J connectivity index is 2.29. The average Bonchev–Trinajstić information content (AvgIpc) is 2.37. The molecule has 90 valence electrons. The van der Waals surface area contributed by atoms with Gasteiger partial charge < -0.3 is 9.84 Å². The van der Waals surface area contributed by atoms with Crippen molar-refractivity contribution in [3.05, 3.63) is 48.0 Å². The van der Waals surface area contributed by atoms with Crippen molar-refractivity contribution < 1.29 is 9.84 Å². The Morgan fingerprint density at radius 3 is 2.53 bits per heavy atom. The van der Waals surface area contributed by atoms with E-state index in [4.69, 9.17) is 4.74 Å². The van der Waals surface area contributed by atoms with Crippen molar-refractivity contribution in [2.75, 3.05) is 6.61 Å². The smallest absolute Gasteiger partial charge is 0.105 e. The van der Waals surface area contributed by atoms with E-state index in [0.717, 1.165) is 10.9 Å². The molecule has 0 bridgehead atoms. The lowest BCUT2D eigenvalue weighted by Gasteiger charge is -2.19. The van der Waals surface area contributed by atoms with Gasteiger partial charge in [-0.1, -0.05) is 36.4 Å². The lowest BCUT2D eigenvalue weighted by molar-refractivity contribution is -0.0227. The molecule has 0 radical (unpaired) electrons. The molecule has 2 nitrogen and oxygen atoms in total. The highest BCUT2D eigenvalue weighted by Gasteiger charge is 2.16. The Morgan fingerprint density at radius 1 is 1.12 bits per heavy atom. The number of ether oxygens (including phenoxy) is 1. The molecule has 0 aromatic heterocycles. The number of hydrogen-bond donors (Lipinski definition) is 1. The topological polar surface area (TPSA) is 29.5 Å². The molecule has 0 amide bonds. The molecule has 0 saturated carbocycles. The maximum absolute atomic E-state index is 10.2. The largest absolute Gasteiger partial charge is 0.386 e. The number of rotatable bonds is 4. The van der Waals surface area contributed by atoms with Gasteiger partial charge in [0, 0.05) is 6.61 Å². The van der Waals surface area contributed by atoms with Crippen molar-refractivity contribution in [1.29, 1.82) is 0 Å². The van der Waals surface area contributed by atoms with E-state index in [9.17, 15) is 5.11 Å². The second-order valence-electron chi connectivity index (χ2n) is 4.21. The van der Waals surface area contributed by atoms with Gasteiger partial charge in [0.1, 0.15) is 6.10 Å². The van der Waals surface area contributed by atoms with Crippen molar-refractivity contribution in [1.82, 2.24) is 0 Å². The molecule has 0 heterocycles. The first-order chi connectivity index (χ1) is 8.22. The monoisotopic (exact) mass is 230 g/mol. The SMILES string of the molecule is CCOC(C)C(O)c1ccc2ccccc2c1. The minimum Gasteiger partial charge on any atom is -0.386 e. The van der Waals surface area contributed by atoms with Crippen LogP contribution < -0.4 is 0 Å². The lowest BCUT2D eigenvalue weighted by Crippen LogP contribution is -2.18. The summed E-state index contributed by atoms with van der Waals surface area (Å²) in [6.07, 6.45) is -0.749. The lowest BCUT2D eigenvalue weighted by atomic mass is 10.0. The van der Waals surface area contributed by atoms with Gasteiger partial charge in [-0.15, -0.1) is 0 Å². The number of fused-ring (bicyclic) bond motifs is 1. The van der Waals surface area contributed by atoms with Gasteiger partial charge in [-0.05, 0) is 36.2 Å². The van der Waals surface area contributed by atoms with Crippen molar-refractivity contribution in [3.63, 3.8) is 0 Å². The third kappa shape index (κ3) is 2.65. The molecule has 0 saturated heterocycles. The Kier molecular flexibility index (Phi) is 3.77. The van der Waals surface area contributed by atoms with Crippen LogP contribution in [0.4, 0.5) is 0 Å². The van der Waals surface area contributed by atoms with Crippen molar-refractivity contribution in [2.24, 2.45) is 0 Å². The minimum absolute atomic E-state index is 0.179. The maximum Gasteiger partial charge on any atom is 0.105 e. The molecule has 0 aliphatic carbocycles. The van der Waals surface area contributed by atoms with Crippen LogP contribution in [0.5, 0.6) is 0 Å². The summed E-state index contributed by atoms with van der Waals surface area (Å²) < 4.78 is 5.42. The summed E-state index contributed by atoms with van der Waals surface area (Å²) in [5.41, 5.74) is 0.907. The minimum atomic E-state index is -0.570. The fourth-order valence-corrected chi connectivity index (χ4v) is 2.02. The first-order valence-corrected chi connectivity index (χ1v) is 6.00. The molecule has 2 aromatic carbocycles. The van der Waals surface area contributed by atoms with Gasteiger partial charge in [0.25, 0.3) is 0 Å². The van der Waals surface area contributed by atoms with Crippen LogP contribution in [0.25, 0.3) is 10.8 Å². The van der Waals surface area contributed by atoms with Crippen molar-refractivity contribution in [3.8, 4) is 0 Å². The summed E-state index contributed by atoms with van der Waals surface area (Å²) in [5, 5.41) is 12.5. The predicted molar refractivity (Wildman–Crippen MR) is 70.0 cm³/mol. The van der Waals surface area contributed by atoms with E-state index in [-0.39, 0.29) is 6.10 Å². The summed E-state index contributed by atoms with van der Waals surface area (Å²) >= 11 is 0. The Labute approximate surface area is 102 Å². The first-order valence-electron chi connectivity index (χ1n) is 6.00. The van der Waals surface area contributed by atoms with E-state index in [1.807, 2.05) is 44.2 Å². The molecule has 0 spiro atoms. The van der Waals surface area contributed by atoms with E-state index in [1.165, 1.54) is 5.39 Å². The van der Waals surface area contributed by atoms with Crippen LogP contribution in [0.15, 0.2) is 42.5 Å². The summed E-state index contributed by atoms with van der Waals surface area (Å²) in [5.74, 6) is 0. The van der Waals surface area contributed by atoms with E-state index in [1.54, 1.807) is 0 Å². The second kappa shape index (κ2) is 5.30. The van der Waals surface area contributed by atoms with Crippen LogP contribution >= 0.6 is 0 Å². The second-order valence-corrected chi connectivity index (χ2v) is 4.21. The molecule has 2 rings (SSSR count). The zero-order chi connectivity index (χ0) is 12.3. The Bertz CT molecular complexity index is 493. The molecule has 0 aliphatic rings. The third-order valence-electron chi connectivity index (χ3n) is 2.99. The Hall–Kier alpha value is -1.38. The standard InChI is InChI=1S/C15H18O2/c1-3-17-11(2)15(16)14-9-8-12-6-4-5-7-13(12)10-14/h4-11,15-16H,3H2,1-2H3. The number of hydrogen-bond acceptors (Lipinski definition) is 2. The normalized spacial score (nSPS) is 14.8. The van der Waals surface area contributed by atoms with Gasteiger partial charge >= 0.3 is 0 Å². The molecule has 17 heavy (non-hydrogen) atoms. The summed E-state index contributed by atoms with van der Waals surface area (Å²) in [4.78, 5) is 0. The van der Waals surface area contributed by atoms with E-state index in [0.29, 0.717) is 6.61 Å².